The average Bonchev–Trinajstić information content (AvgIpc) is 3.39. The molecule has 2 heterocycles. The minimum absolute atomic E-state index is 0.0478. The Hall–Kier alpha value is -3.52. The molecule has 2 atom stereocenters. The van der Waals surface area contributed by atoms with Crippen molar-refractivity contribution in [2.24, 2.45) is 0 Å². The molecule has 1 N–H and O–H groups in total. The number of amides is 1. The first-order chi connectivity index (χ1) is 17.3. The van der Waals surface area contributed by atoms with Gasteiger partial charge in [-0.25, -0.2) is 0 Å². The molecule has 192 valence electrons. The van der Waals surface area contributed by atoms with Crippen molar-refractivity contribution in [2.45, 2.75) is 39.3 Å². The molecular weight excluding hydrogens is 460 g/mol. The SMILES string of the molecule is CCN(CC)CCN1C(=O)C(=O)/C(=C(\O)c2ccc3c(c2)CC(C)O3)C1c1ccc(OC)cc1OC. The number of benzene rings is 2. The van der Waals surface area contributed by atoms with E-state index >= 15 is 0 Å². The molecule has 1 saturated heterocycles. The molecular formula is C28H34N2O6. The average molecular weight is 495 g/mol. The van der Waals surface area contributed by atoms with Crippen LogP contribution in [0.1, 0.15) is 43.5 Å². The normalized spacial score (nSPS) is 20.6. The van der Waals surface area contributed by atoms with Crippen LogP contribution >= 0.6 is 0 Å². The lowest BCUT2D eigenvalue weighted by Gasteiger charge is -2.29. The van der Waals surface area contributed by atoms with Crippen molar-refractivity contribution in [1.29, 1.82) is 0 Å². The number of Topliss-reactive ketones (excluding diaryl/α,β-unsaturated/α-hetero) is 1. The molecule has 2 aliphatic heterocycles. The highest BCUT2D eigenvalue weighted by molar-refractivity contribution is 6.46. The smallest absolute Gasteiger partial charge is 0.295 e. The third-order valence-electron chi connectivity index (χ3n) is 7.00. The molecule has 36 heavy (non-hydrogen) atoms. The van der Waals surface area contributed by atoms with E-state index in [0.29, 0.717) is 42.1 Å². The number of fused-ring (bicyclic) bond motifs is 1. The summed E-state index contributed by atoms with van der Waals surface area (Å²) in [5.41, 5.74) is 2.10. The van der Waals surface area contributed by atoms with Crippen molar-refractivity contribution in [3.05, 3.63) is 58.7 Å². The molecule has 0 spiro atoms. The summed E-state index contributed by atoms with van der Waals surface area (Å²) >= 11 is 0. The van der Waals surface area contributed by atoms with Crippen LogP contribution in [-0.4, -0.2) is 73.1 Å². The van der Waals surface area contributed by atoms with Gasteiger partial charge in [-0.3, -0.25) is 9.59 Å². The van der Waals surface area contributed by atoms with Crippen LogP contribution < -0.4 is 14.2 Å². The topological polar surface area (TPSA) is 88.5 Å². The van der Waals surface area contributed by atoms with Crippen molar-refractivity contribution in [3.8, 4) is 17.2 Å². The summed E-state index contributed by atoms with van der Waals surface area (Å²) in [5.74, 6) is 0.278. The Kier molecular flexibility index (Phi) is 7.54. The van der Waals surface area contributed by atoms with Crippen LogP contribution in [-0.2, 0) is 16.0 Å². The number of ketones is 1. The highest BCUT2D eigenvalue weighted by Crippen LogP contribution is 2.44. The van der Waals surface area contributed by atoms with Crippen LogP contribution in [0.2, 0.25) is 0 Å². The number of hydrogen-bond acceptors (Lipinski definition) is 7. The zero-order chi connectivity index (χ0) is 26.0. The third kappa shape index (κ3) is 4.65. The van der Waals surface area contributed by atoms with E-state index in [0.717, 1.165) is 24.4 Å². The van der Waals surface area contributed by atoms with E-state index in [1.165, 1.54) is 12.0 Å². The maximum Gasteiger partial charge on any atom is 0.295 e. The van der Waals surface area contributed by atoms with Gasteiger partial charge in [0.25, 0.3) is 11.7 Å². The van der Waals surface area contributed by atoms with E-state index in [9.17, 15) is 14.7 Å². The highest BCUT2D eigenvalue weighted by atomic mass is 16.5. The van der Waals surface area contributed by atoms with Crippen molar-refractivity contribution < 1.29 is 28.9 Å². The van der Waals surface area contributed by atoms with Crippen LogP contribution in [0.4, 0.5) is 0 Å². The number of methoxy groups -OCH3 is 2. The standard InChI is InChI=1S/C28H34N2O6/c1-6-29(7-2)12-13-30-25(21-10-9-20(34-4)16-23(21)35-5)24(27(32)28(30)33)26(31)18-8-11-22-19(15-18)14-17(3)36-22/h8-11,15-17,25,31H,6-7,12-14H2,1-5H3/b26-24-. The molecule has 2 unspecified atom stereocenters. The van der Waals surface area contributed by atoms with Gasteiger partial charge in [-0.15, -0.1) is 0 Å². The molecule has 1 amide bonds. The summed E-state index contributed by atoms with van der Waals surface area (Å²) in [6, 6.07) is 9.81. The lowest BCUT2D eigenvalue weighted by Crippen LogP contribution is -2.38. The summed E-state index contributed by atoms with van der Waals surface area (Å²) in [5, 5.41) is 11.5. The number of likely N-dealkylation sites (N-methyl/N-ethyl adjacent to an activating group) is 1. The molecule has 2 aromatic carbocycles. The Bertz CT molecular complexity index is 1190. The van der Waals surface area contributed by atoms with E-state index in [-0.39, 0.29) is 17.4 Å². The fourth-order valence-electron chi connectivity index (χ4n) is 4.99. The van der Waals surface area contributed by atoms with Gasteiger partial charge in [0.15, 0.2) is 0 Å². The maximum atomic E-state index is 13.4. The van der Waals surface area contributed by atoms with Gasteiger partial charge in [0.2, 0.25) is 0 Å². The maximum absolute atomic E-state index is 13.4. The van der Waals surface area contributed by atoms with Crippen molar-refractivity contribution >= 4 is 17.4 Å². The fraction of sp³-hybridized carbons (Fsp3) is 0.429. The molecule has 1 fully saturated rings. The van der Waals surface area contributed by atoms with E-state index in [1.807, 2.05) is 13.0 Å². The van der Waals surface area contributed by atoms with Crippen molar-refractivity contribution in [3.63, 3.8) is 0 Å². The lowest BCUT2D eigenvalue weighted by atomic mass is 9.93. The first-order valence-corrected chi connectivity index (χ1v) is 12.3. The van der Waals surface area contributed by atoms with E-state index in [1.54, 1.807) is 37.4 Å². The molecule has 8 nitrogen and oxygen atoms in total. The number of ether oxygens (including phenoxy) is 3. The molecule has 0 aliphatic carbocycles. The second kappa shape index (κ2) is 10.6. The van der Waals surface area contributed by atoms with Crippen LogP contribution in [0.15, 0.2) is 42.0 Å². The predicted octanol–water partition coefficient (Wildman–Crippen LogP) is 3.79. The Morgan fingerprint density at radius 1 is 1.11 bits per heavy atom. The van der Waals surface area contributed by atoms with Crippen LogP contribution in [0.5, 0.6) is 17.2 Å². The van der Waals surface area contributed by atoms with Gasteiger partial charge in [0.05, 0.1) is 25.8 Å². The van der Waals surface area contributed by atoms with Crippen molar-refractivity contribution in [2.75, 3.05) is 40.4 Å². The third-order valence-corrected chi connectivity index (χ3v) is 7.00. The Morgan fingerprint density at radius 2 is 1.86 bits per heavy atom. The van der Waals surface area contributed by atoms with E-state index < -0.39 is 17.7 Å². The van der Waals surface area contributed by atoms with Gasteiger partial charge >= 0.3 is 0 Å². The van der Waals surface area contributed by atoms with Gasteiger partial charge in [-0.05, 0) is 55.9 Å². The van der Waals surface area contributed by atoms with Crippen LogP contribution in [0, 0.1) is 0 Å². The number of carbonyl (C=O) groups is 2. The molecule has 0 radical (unpaired) electrons. The monoisotopic (exact) mass is 494 g/mol. The second-order valence-electron chi connectivity index (χ2n) is 9.08. The molecule has 2 aliphatic rings. The zero-order valence-corrected chi connectivity index (χ0v) is 21.5. The van der Waals surface area contributed by atoms with Crippen LogP contribution in [0.3, 0.4) is 0 Å². The minimum atomic E-state index is -0.801. The molecule has 4 rings (SSSR count). The van der Waals surface area contributed by atoms with Gasteiger partial charge in [0.1, 0.15) is 29.1 Å². The molecule has 2 aromatic rings. The van der Waals surface area contributed by atoms with Crippen molar-refractivity contribution in [1.82, 2.24) is 9.80 Å². The molecule has 0 bridgehead atoms. The quantitative estimate of drug-likeness (QED) is 0.322. The Labute approximate surface area is 212 Å². The van der Waals surface area contributed by atoms with Crippen LogP contribution in [0.25, 0.3) is 5.76 Å². The van der Waals surface area contributed by atoms with E-state index in [2.05, 4.69) is 18.7 Å². The number of carbonyl (C=O) groups excluding carboxylic acids is 2. The summed E-state index contributed by atoms with van der Waals surface area (Å²) in [6.07, 6.45) is 0.760. The summed E-state index contributed by atoms with van der Waals surface area (Å²) in [4.78, 5) is 30.4. The predicted molar refractivity (Wildman–Crippen MR) is 137 cm³/mol. The summed E-state index contributed by atoms with van der Waals surface area (Å²) < 4.78 is 16.8. The number of aliphatic hydroxyl groups excluding tert-OH is 1. The zero-order valence-electron chi connectivity index (χ0n) is 21.5. The number of rotatable bonds is 9. The first kappa shape index (κ1) is 25.6. The van der Waals surface area contributed by atoms with E-state index in [4.69, 9.17) is 14.2 Å². The largest absolute Gasteiger partial charge is 0.507 e. The molecule has 0 aromatic heterocycles. The summed E-state index contributed by atoms with van der Waals surface area (Å²) in [7, 11) is 3.09. The van der Waals surface area contributed by atoms with Gasteiger partial charge in [0, 0.05) is 36.7 Å². The Balaban J connectivity index is 1.84. The first-order valence-electron chi connectivity index (χ1n) is 12.3. The number of aliphatic hydroxyl groups is 1. The lowest BCUT2D eigenvalue weighted by molar-refractivity contribution is -0.140. The second-order valence-corrected chi connectivity index (χ2v) is 9.08. The molecule has 8 heteroatoms. The number of nitrogens with zero attached hydrogens (tertiary/aromatic N) is 2. The number of likely N-dealkylation sites (tertiary alicyclic amines) is 1. The minimum Gasteiger partial charge on any atom is -0.507 e. The van der Waals surface area contributed by atoms with Gasteiger partial charge in [-0.2, -0.15) is 0 Å². The Morgan fingerprint density at radius 3 is 2.53 bits per heavy atom. The summed E-state index contributed by atoms with van der Waals surface area (Å²) in [6.45, 7) is 8.68. The highest BCUT2D eigenvalue weighted by Gasteiger charge is 2.47. The number of hydrogen-bond donors (Lipinski definition) is 1. The molecule has 0 saturated carbocycles. The van der Waals surface area contributed by atoms with Gasteiger partial charge in [-0.1, -0.05) is 13.8 Å². The fourth-order valence-corrected chi connectivity index (χ4v) is 4.99. The van der Waals surface area contributed by atoms with Gasteiger partial charge < -0.3 is 29.1 Å².